The molecular formula is C11H12NO3S+. The molecule has 0 saturated carbocycles. The quantitative estimate of drug-likeness (QED) is 0.528. The first-order valence-electron chi connectivity index (χ1n) is 4.99. The van der Waals surface area contributed by atoms with Crippen LogP contribution in [0.4, 0.5) is 0 Å². The molecular weight excluding hydrogens is 226 g/mol. The molecule has 1 aliphatic heterocycles. The lowest BCUT2D eigenvalue weighted by atomic mass is 9.96. The summed E-state index contributed by atoms with van der Waals surface area (Å²) < 4.78 is 0. The topological polar surface area (TPSA) is 66.4 Å². The Morgan fingerprint density at radius 1 is 1.62 bits per heavy atom. The minimum atomic E-state index is -0.990. The first kappa shape index (κ1) is 11.2. The maximum Gasteiger partial charge on any atom is 0.315 e. The fourth-order valence-corrected chi connectivity index (χ4v) is 3.87. The van der Waals surface area contributed by atoms with Crippen molar-refractivity contribution in [2.24, 2.45) is 5.92 Å². The van der Waals surface area contributed by atoms with Gasteiger partial charge in [-0.2, -0.15) is 0 Å². The number of carboxylic acids is 1. The SMILES string of the molecule is O=C=C1C([S+]2CCNC2)=CC=CC1C(=O)O. The van der Waals surface area contributed by atoms with Crippen molar-refractivity contribution in [3.8, 4) is 0 Å². The Hall–Kier alpha value is -1.29. The fraction of sp³-hybridized carbons (Fsp3) is 0.364. The molecule has 84 valence electrons. The number of carbonyl (C=O) groups excluding carboxylic acids is 1. The summed E-state index contributed by atoms with van der Waals surface area (Å²) in [5.41, 5.74) is 0.294. The van der Waals surface area contributed by atoms with Crippen LogP contribution in [-0.4, -0.2) is 35.2 Å². The summed E-state index contributed by atoms with van der Waals surface area (Å²) in [6.45, 7) is 0.925. The zero-order valence-electron chi connectivity index (χ0n) is 8.60. The van der Waals surface area contributed by atoms with Gasteiger partial charge in [0.2, 0.25) is 0 Å². The second-order valence-corrected chi connectivity index (χ2v) is 5.71. The summed E-state index contributed by atoms with van der Waals surface area (Å²) in [6.07, 6.45) is 5.09. The van der Waals surface area contributed by atoms with Gasteiger partial charge in [-0.3, -0.25) is 10.1 Å². The van der Waals surface area contributed by atoms with Gasteiger partial charge in [-0.15, -0.1) is 0 Å². The molecule has 2 atom stereocenters. The summed E-state index contributed by atoms with van der Waals surface area (Å²) >= 11 is 0. The molecule has 5 heteroatoms. The molecule has 1 saturated heterocycles. The molecule has 1 fully saturated rings. The third-order valence-electron chi connectivity index (χ3n) is 2.62. The van der Waals surface area contributed by atoms with Gasteiger partial charge in [-0.05, 0) is 6.08 Å². The van der Waals surface area contributed by atoms with E-state index in [0.29, 0.717) is 5.57 Å². The number of hydrogen-bond acceptors (Lipinski definition) is 3. The first-order chi connectivity index (χ1) is 7.74. The Balaban J connectivity index is 2.30. The largest absolute Gasteiger partial charge is 0.481 e. The number of aliphatic carboxylic acids is 1. The standard InChI is InChI=1S/C11H11NO3S/c13-6-9-8(11(14)15)2-1-3-10(9)16-5-4-12-7-16/h1-3,8,12H,4-5,7H2/p+1. The summed E-state index contributed by atoms with van der Waals surface area (Å²) in [7, 11) is -0.0450. The maximum absolute atomic E-state index is 11.0. The number of nitrogens with one attached hydrogen (secondary N) is 1. The molecule has 2 aliphatic rings. The molecule has 0 bridgehead atoms. The Bertz CT molecular complexity index is 415. The lowest BCUT2D eigenvalue weighted by molar-refractivity contribution is -0.138. The van der Waals surface area contributed by atoms with Gasteiger partial charge in [-0.25, -0.2) is 4.79 Å². The minimum Gasteiger partial charge on any atom is -0.481 e. The van der Waals surface area contributed by atoms with Crippen LogP contribution in [0.3, 0.4) is 0 Å². The number of hydrogen-bond donors (Lipinski definition) is 2. The van der Waals surface area contributed by atoms with Gasteiger partial charge in [0.05, 0.1) is 0 Å². The predicted octanol–water partition coefficient (Wildman–Crippen LogP) is 0.0779. The summed E-state index contributed by atoms with van der Waals surface area (Å²) in [6, 6.07) is 0. The Morgan fingerprint density at radius 3 is 3.00 bits per heavy atom. The van der Waals surface area contributed by atoms with Crippen LogP contribution in [0.2, 0.25) is 0 Å². The lowest BCUT2D eigenvalue weighted by Gasteiger charge is -2.13. The van der Waals surface area contributed by atoms with Gasteiger partial charge in [-0.1, -0.05) is 12.2 Å². The number of carbonyl (C=O) groups is 1. The molecule has 0 aromatic carbocycles. The van der Waals surface area contributed by atoms with Gasteiger partial charge >= 0.3 is 5.97 Å². The van der Waals surface area contributed by atoms with Gasteiger partial charge in [0, 0.05) is 17.4 Å². The zero-order valence-corrected chi connectivity index (χ0v) is 9.42. The Kier molecular flexibility index (Phi) is 3.29. The fourth-order valence-electron chi connectivity index (χ4n) is 1.82. The van der Waals surface area contributed by atoms with Crippen LogP contribution in [0.25, 0.3) is 0 Å². The number of carboxylic acid groups (broad SMARTS) is 1. The molecule has 4 nitrogen and oxygen atoms in total. The van der Waals surface area contributed by atoms with E-state index in [9.17, 15) is 9.59 Å². The molecule has 0 aromatic heterocycles. The number of rotatable bonds is 2. The van der Waals surface area contributed by atoms with Crippen LogP contribution in [0.1, 0.15) is 0 Å². The average molecular weight is 238 g/mol. The monoisotopic (exact) mass is 238 g/mol. The molecule has 0 amide bonds. The van der Waals surface area contributed by atoms with Crippen LogP contribution in [0.5, 0.6) is 0 Å². The molecule has 0 aromatic rings. The molecule has 0 radical (unpaired) electrons. The highest BCUT2D eigenvalue weighted by molar-refractivity contribution is 8.01. The first-order valence-corrected chi connectivity index (χ1v) is 6.55. The maximum atomic E-state index is 11.0. The van der Waals surface area contributed by atoms with Crippen LogP contribution in [-0.2, 0) is 20.5 Å². The smallest absolute Gasteiger partial charge is 0.315 e. The third-order valence-corrected chi connectivity index (χ3v) is 4.84. The van der Waals surface area contributed by atoms with Gasteiger partial charge in [0.15, 0.2) is 10.8 Å². The van der Waals surface area contributed by atoms with Crippen LogP contribution in [0.15, 0.2) is 28.7 Å². The predicted molar refractivity (Wildman–Crippen MR) is 62.7 cm³/mol. The van der Waals surface area contributed by atoms with Crippen LogP contribution >= 0.6 is 0 Å². The lowest BCUT2D eigenvalue weighted by Crippen LogP contribution is -2.23. The van der Waals surface area contributed by atoms with E-state index in [0.717, 1.165) is 23.1 Å². The van der Waals surface area contributed by atoms with Crippen molar-refractivity contribution in [2.45, 2.75) is 0 Å². The van der Waals surface area contributed by atoms with E-state index in [-0.39, 0.29) is 10.9 Å². The van der Waals surface area contributed by atoms with Crippen molar-refractivity contribution < 1.29 is 14.7 Å². The zero-order chi connectivity index (χ0) is 11.5. The highest BCUT2D eigenvalue weighted by Gasteiger charge is 2.38. The van der Waals surface area contributed by atoms with Crippen molar-refractivity contribution >= 4 is 22.8 Å². The van der Waals surface area contributed by atoms with Crippen molar-refractivity contribution in [2.75, 3.05) is 18.2 Å². The molecule has 2 unspecified atom stereocenters. The van der Waals surface area contributed by atoms with E-state index in [1.807, 2.05) is 12.0 Å². The highest BCUT2D eigenvalue weighted by Crippen LogP contribution is 2.30. The second-order valence-electron chi connectivity index (χ2n) is 3.59. The van der Waals surface area contributed by atoms with Crippen molar-refractivity contribution in [1.82, 2.24) is 5.32 Å². The Morgan fingerprint density at radius 2 is 2.44 bits per heavy atom. The van der Waals surface area contributed by atoms with Gasteiger partial charge in [0.1, 0.15) is 23.2 Å². The molecule has 2 rings (SSSR count). The van der Waals surface area contributed by atoms with E-state index in [1.54, 1.807) is 6.08 Å². The molecule has 0 spiro atoms. The number of allylic oxidation sites excluding steroid dienone is 3. The van der Waals surface area contributed by atoms with Crippen molar-refractivity contribution in [3.63, 3.8) is 0 Å². The van der Waals surface area contributed by atoms with E-state index >= 15 is 0 Å². The van der Waals surface area contributed by atoms with E-state index in [2.05, 4.69) is 5.32 Å². The molecule has 1 aliphatic carbocycles. The van der Waals surface area contributed by atoms with Gasteiger partial charge in [0.25, 0.3) is 0 Å². The van der Waals surface area contributed by atoms with Crippen LogP contribution < -0.4 is 5.32 Å². The normalized spacial score (nSPS) is 28.8. The summed E-state index contributed by atoms with van der Waals surface area (Å²) in [4.78, 5) is 22.8. The third kappa shape index (κ3) is 1.97. The minimum absolute atomic E-state index is 0.0450. The summed E-state index contributed by atoms with van der Waals surface area (Å²) in [5.74, 6) is 1.79. The van der Waals surface area contributed by atoms with Gasteiger partial charge < -0.3 is 5.11 Å². The molecule has 2 N–H and O–H groups in total. The average Bonchev–Trinajstić information content (AvgIpc) is 2.81. The van der Waals surface area contributed by atoms with Crippen LogP contribution in [0, 0.1) is 5.92 Å². The summed E-state index contributed by atoms with van der Waals surface area (Å²) in [5, 5.41) is 12.2. The second kappa shape index (κ2) is 4.70. The van der Waals surface area contributed by atoms with Crippen molar-refractivity contribution in [1.29, 1.82) is 0 Å². The Labute approximate surface area is 96.1 Å². The highest BCUT2D eigenvalue weighted by atomic mass is 32.2. The van der Waals surface area contributed by atoms with E-state index in [4.69, 9.17) is 5.11 Å². The van der Waals surface area contributed by atoms with E-state index in [1.165, 1.54) is 6.08 Å². The molecule has 1 heterocycles. The molecule has 16 heavy (non-hydrogen) atoms. The van der Waals surface area contributed by atoms with E-state index < -0.39 is 11.9 Å². The van der Waals surface area contributed by atoms with Crippen molar-refractivity contribution in [3.05, 3.63) is 28.7 Å².